The minimum absolute atomic E-state index is 0. The zero-order valence-electron chi connectivity index (χ0n) is 15.7. The standard InChI is InChI=1S/C23H23N3O.ClH/c27-23(16-5-2-1-3-6-16)25-18-8-9-22-20(14-18)21(15-24-22)17-10-12-26-11-4-7-19(26)13-17;/h1-3,5-6,8-10,14-15,19,24H,4,7,11-13H2,(H,25,27);1H. The molecule has 5 rings (SSSR count). The summed E-state index contributed by atoms with van der Waals surface area (Å²) in [4.78, 5) is 18.4. The quantitative estimate of drug-likeness (QED) is 0.650. The third-order valence-corrected chi connectivity index (χ3v) is 5.85. The van der Waals surface area contributed by atoms with Crippen molar-refractivity contribution in [2.45, 2.75) is 25.3 Å². The highest BCUT2D eigenvalue weighted by Gasteiger charge is 2.28. The summed E-state index contributed by atoms with van der Waals surface area (Å²) in [6, 6.07) is 16.1. The molecule has 28 heavy (non-hydrogen) atoms. The molecule has 3 heterocycles. The normalized spacial score (nSPS) is 19.0. The van der Waals surface area contributed by atoms with Crippen molar-refractivity contribution < 1.29 is 4.79 Å². The number of aromatic amines is 1. The van der Waals surface area contributed by atoms with Crippen LogP contribution in [0, 0.1) is 0 Å². The molecule has 0 radical (unpaired) electrons. The molecule has 2 aliphatic heterocycles. The van der Waals surface area contributed by atoms with E-state index in [1.165, 1.54) is 35.9 Å². The monoisotopic (exact) mass is 393 g/mol. The van der Waals surface area contributed by atoms with Crippen LogP contribution in [0.25, 0.3) is 16.5 Å². The Kier molecular flexibility index (Phi) is 5.25. The fraction of sp³-hybridized carbons (Fsp3) is 0.261. The van der Waals surface area contributed by atoms with Gasteiger partial charge in [0.2, 0.25) is 0 Å². The molecule has 1 amide bonds. The molecule has 1 aromatic heterocycles. The Hall–Kier alpha value is -2.56. The van der Waals surface area contributed by atoms with E-state index in [4.69, 9.17) is 0 Å². The molecule has 0 spiro atoms. The first kappa shape index (κ1) is 18.8. The van der Waals surface area contributed by atoms with E-state index in [1.54, 1.807) is 0 Å². The second kappa shape index (κ2) is 7.82. The lowest BCUT2D eigenvalue weighted by Crippen LogP contribution is -2.32. The molecule has 2 aromatic carbocycles. The summed E-state index contributed by atoms with van der Waals surface area (Å²) in [5, 5.41) is 4.21. The Morgan fingerprint density at radius 3 is 2.86 bits per heavy atom. The molecule has 144 valence electrons. The zero-order valence-corrected chi connectivity index (χ0v) is 16.5. The number of carbonyl (C=O) groups excluding carboxylic acids is 1. The van der Waals surface area contributed by atoms with E-state index in [0.717, 1.165) is 24.2 Å². The van der Waals surface area contributed by atoms with Crippen LogP contribution < -0.4 is 5.32 Å². The minimum Gasteiger partial charge on any atom is -0.361 e. The number of benzene rings is 2. The van der Waals surface area contributed by atoms with Gasteiger partial charge in [-0.2, -0.15) is 0 Å². The number of amides is 1. The number of nitrogens with one attached hydrogen (secondary N) is 2. The first-order valence-electron chi connectivity index (χ1n) is 9.69. The first-order chi connectivity index (χ1) is 13.3. The largest absolute Gasteiger partial charge is 0.361 e. The van der Waals surface area contributed by atoms with Crippen molar-refractivity contribution in [1.82, 2.24) is 9.88 Å². The predicted molar refractivity (Wildman–Crippen MR) is 117 cm³/mol. The third kappa shape index (κ3) is 3.46. The van der Waals surface area contributed by atoms with Crippen LogP contribution in [0.1, 0.15) is 35.2 Å². The van der Waals surface area contributed by atoms with E-state index in [2.05, 4.69) is 33.5 Å². The molecule has 5 heteroatoms. The number of rotatable bonds is 3. The molecule has 1 atom stereocenters. The molecule has 4 nitrogen and oxygen atoms in total. The summed E-state index contributed by atoms with van der Waals surface area (Å²) in [6.45, 7) is 2.29. The van der Waals surface area contributed by atoms with E-state index < -0.39 is 0 Å². The van der Waals surface area contributed by atoms with Gasteiger partial charge < -0.3 is 10.3 Å². The molecule has 1 unspecified atom stereocenters. The molecule has 1 fully saturated rings. The van der Waals surface area contributed by atoms with Gasteiger partial charge in [-0.25, -0.2) is 0 Å². The van der Waals surface area contributed by atoms with Crippen molar-refractivity contribution in [2.75, 3.05) is 18.4 Å². The van der Waals surface area contributed by atoms with Gasteiger partial charge in [-0.1, -0.05) is 24.3 Å². The minimum atomic E-state index is -0.0782. The van der Waals surface area contributed by atoms with Gasteiger partial charge in [0.25, 0.3) is 5.91 Å². The van der Waals surface area contributed by atoms with Crippen LogP contribution in [0.15, 0.2) is 60.8 Å². The number of fused-ring (bicyclic) bond motifs is 2. The number of nitrogens with zero attached hydrogens (tertiary/aromatic N) is 1. The highest BCUT2D eigenvalue weighted by Crippen LogP contribution is 2.35. The number of hydrogen-bond donors (Lipinski definition) is 2. The molecule has 3 aromatic rings. The Morgan fingerprint density at radius 1 is 1.14 bits per heavy atom. The second-order valence-electron chi connectivity index (χ2n) is 7.51. The lowest BCUT2D eigenvalue weighted by atomic mass is 9.94. The van der Waals surface area contributed by atoms with Crippen LogP contribution in [0.4, 0.5) is 5.69 Å². The van der Waals surface area contributed by atoms with E-state index in [0.29, 0.717) is 11.6 Å². The number of aromatic nitrogens is 1. The average Bonchev–Trinajstić information content (AvgIpc) is 3.34. The summed E-state index contributed by atoms with van der Waals surface area (Å²) in [7, 11) is 0. The summed E-state index contributed by atoms with van der Waals surface area (Å²) in [6.07, 6.45) is 8.23. The smallest absolute Gasteiger partial charge is 0.255 e. The van der Waals surface area contributed by atoms with Crippen LogP contribution in [-0.4, -0.2) is 34.9 Å². The summed E-state index contributed by atoms with van der Waals surface area (Å²) in [5.74, 6) is -0.0782. The van der Waals surface area contributed by atoms with E-state index in [9.17, 15) is 4.79 Å². The molecule has 0 saturated carbocycles. The van der Waals surface area contributed by atoms with Crippen LogP contribution >= 0.6 is 12.4 Å². The van der Waals surface area contributed by atoms with Gasteiger partial charge in [0.15, 0.2) is 0 Å². The predicted octanol–water partition coefficient (Wildman–Crippen LogP) is 5.09. The highest BCUT2D eigenvalue weighted by molar-refractivity contribution is 6.05. The highest BCUT2D eigenvalue weighted by atomic mass is 35.5. The average molecular weight is 394 g/mol. The van der Waals surface area contributed by atoms with Crippen LogP contribution in [0.2, 0.25) is 0 Å². The maximum absolute atomic E-state index is 12.5. The summed E-state index contributed by atoms with van der Waals surface area (Å²) >= 11 is 0. The Balaban J connectivity index is 0.00000192. The summed E-state index contributed by atoms with van der Waals surface area (Å²) in [5.41, 5.74) is 5.31. The second-order valence-corrected chi connectivity index (χ2v) is 7.51. The van der Waals surface area contributed by atoms with Gasteiger partial charge in [-0.15, -0.1) is 12.4 Å². The van der Waals surface area contributed by atoms with Gasteiger partial charge in [0, 0.05) is 46.5 Å². The Bertz CT molecular complexity index is 1020. The maximum Gasteiger partial charge on any atom is 0.255 e. The number of halogens is 1. The van der Waals surface area contributed by atoms with E-state index in [-0.39, 0.29) is 18.3 Å². The van der Waals surface area contributed by atoms with Crippen molar-refractivity contribution in [1.29, 1.82) is 0 Å². The topological polar surface area (TPSA) is 48.1 Å². The zero-order chi connectivity index (χ0) is 18.2. The number of anilines is 1. The van der Waals surface area contributed by atoms with Crippen molar-refractivity contribution >= 4 is 40.5 Å². The number of hydrogen-bond acceptors (Lipinski definition) is 2. The maximum atomic E-state index is 12.5. The van der Waals surface area contributed by atoms with E-state index in [1.807, 2.05) is 42.5 Å². The van der Waals surface area contributed by atoms with Gasteiger partial charge in [0.1, 0.15) is 0 Å². The Morgan fingerprint density at radius 2 is 2.00 bits per heavy atom. The molecule has 1 saturated heterocycles. The van der Waals surface area contributed by atoms with Crippen molar-refractivity contribution in [3.8, 4) is 0 Å². The fourth-order valence-electron chi connectivity index (χ4n) is 4.41. The van der Waals surface area contributed by atoms with E-state index >= 15 is 0 Å². The van der Waals surface area contributed by atoms with Crippen LogP contribution in [-0.2, 0) is 0 Å². The van der Waals surface area contributed by atoms with Crippen molar-refractivity contribution in [3.63, 3.8) is 0 Å². The molecule has 2 aliphatic rings. The first-order valence-corrected chi connectivity index (χ1v) is 9.69. The lowest BCUT2D eigenvalue weighted by Gasteiger charge is -2.29. The third-order valence-electron chi connectivity index (χ3n) is 5.85. The Labute approximate surface area is 171 Å². The van der Waals surface area contributed by atoms with Gasteiger partial charge in [-0.3, -0.25) is 9.69 Å². The SMILES string of the molecule is Cl.O=C(Nc1ccc2[nH]cc(C3=CCN4CCCC4C3)c2c1)c1ccccc1. The van der Waals surface area contributed by atoms with Crippen LogP contribution in [0.3, 0.4) is 0 Å². The molecular formula is C23H24ClN3O. The lowest BCUT2D eigenvalue weighted by molar-refractivity contribution is 0.102. The van der Waals surface area contributed by atoms with Crippen molar-refractivity contribution in [3.05, 3.63) is 71.9 Å². The van der Waals surface area contributed by atoms with Crippen LogP contribution in [0.5, 0.6) is 0 Å². The molecule has 0 bridgehead atoms. The molecule has 0 aliphatic carbocycles. The van der Waals surface area contributed by atoms with Gasteiger partial charge in [-0.05, 0) is 61.7 Å². The van der Waals surface area contributed by atoms with Gasteiger partial charge >= 0.3 is 0 Å². The molecule has 2 N–H and O–H groups in total. The fourth-order valence-corrected chi connectivity index (χ4v) is 4.41. The van der Waals surface area contributed by atoms with Gasteiger partial charge in [0.05, 0.1) is 0 Å². The van der Waals surface area contributed by atoms with Crippen molar-refractivity contribution in [2.24, 2.45) is 0 Å². The molecular weight excluding hydrogens is 370 g/mol. The number of carbonyl (C=O) groups is 1. The summed E-state index contributed by atoms with van der Waals surface area (Å²) < 4.78 is 0. The number of H-pyrrole nitrogens is 1.